The lowest BCUT2D eigenvalue weighted by Gasteiger charge is -2.43. The molecule has 0 bridgehead atoms. The van der Waals surface area contributed by atoms with Crippen LogP contribution >= 0.6 is 11.6 Å². The number of benzene rings is 1. The number of nitrogens with zero attached hydrogens (tertiary/aromatic N) is 1. The average molecular weight is 451 g/mol. The molecule has 1 aliphatic rings. The fraction of sp³-hybridized carbons (Fsp3) is 0.583. The Bertz CT molecular complexity index is 846. The number of carboxylic acid groups (broad SMARTS) is 1. The van der Waals surface area contributed by atoms with E-state index in [-0.39, 0.29) is 30.3 Å². The van der Waals surface area contributed by atoms with Crippen LogP contribution < -0.4 is 5.32 Å². The molecule has 0 radical (unpaired) electrons. The SMILES string of the molecule is COCC(C)C1=CN(CCC(=O)O)C(=O)N[C@@]1(C)c1ccc(CCC(C)(C)C)c(Cl)c1. The Balaban J connectivity index is 2.41. The number of nitrogens with one attached hydrogen (secondary N) is 1. The second kappa shape index (κ2) is 10.0. The lowest BCUT2D eigenvalue weighted by Crippen LogP contribution is -2.55. The van der Waals surface area contributed by atoms with Crippen LogP contribution in [0.2, 0.25) is 5.02 Å². The second-order valence-corrected chi connectivity index (χ2v) is 10.1. The van der Waals surface area contributed by atoms with Gasteiger partial charge in [0.25, 0.3) is 0 Å². The van der Waals surface area contributed by atoms with Crippen molar-refractivity contribution in [1.29, 1.82) is 0 Å². The average Bonchev–Trinajstić information content (AvgIpc) is 2.65. The highest BCUT2D eigenvalue weighted by atomic mass is 35.5. The monoisotopic (exact) mass is 450 g/mol. The largest absolute Gasteiger partial charge is 0.481 e. The number of methoxy groups -OCH3 is 1. The van der Waals surface area contributed by atoms with Gasteiger partial charge < -0.3 is 20.1 Å². The van der Waals surface area contributed by atoms with E-state index in [4.69, 9.17) is 21.4 Å². The summed E-state index contributed by atoms with van der Waals surface area (Å²) in [5, 5.41) is 12.8. The van der Waals surface area contributed by atoms with Gasteiger partial charge in [-0.05, 0) is 47.9 Å². The van der Waals surface area contributed by atoms with Crippen LogP contribution in [0.25, 0.3) is 0 Å². The molecule has 1 unspecified atom stereocenters. The van der Waals surface area contributed by atoms with Crippen molar-refractivity contribution in [3.63, 3.8) is 0 Å². The predicted octanol–water partition coefficient (Wildman–Crippen LogP) is 5.20. The molecule has 172 valence electrons. The lowest BCUT2D eigenvalue weighted by molar-refractivity contribution is -0.137. The van der Waals surface area contributed by atoms with Gasteiger partial charge in [-0.1, -0.05) is 51.4 Å². The van der Waals surface area contributed by atoms with Gasteiger partial charge in [0, 0.05) is 30.8 Å². The quantitative estimate of drug-likeness (QED) is 0.541. The van der Waals surface area contributed by atoms with Gasteiger partial charge in [0.15, 0.2) is 0 Å². The minimum atomic E-state index is -0.946. The molecular formula is C24H35ClN2O4. The number of urea groups is 1. The first-order chi connectivity index (χ1) is 14.4. The number of hydrogen-bond donors (Lipinski definition) is 2. The molecule has 31 heavy (non-hydrogen) atoms. The van der Waals surface area contributed by atoms with Crippen LogP contribution in [0.4, 0.5) is 4.79 Å². The molecular weight excluding hydrogens is 416 g/mol. The number of rotatable bonds is 9. The second-order valence-electron chi connectivity index (χ2n) is 9.70. The molecule has 0 spiro atoms. The highest BCUT2D eigenvalue weighted by Crippen LogP contribution is 2.39. The van der Waals surface area contributed by atoms with Crippen molar-refractivity contribution in [2.45, 2.75) is 59.4 Å². The van der Waals surface area contributed by atoms with Gasteiger partial charge in [0.1, 0.15) is 0 Å². The van der Waals surface area contributed by atoms with Gasteiger partial charge in [-0.2, -0.15) is 0 Å². The third-order valence-electron chi connectivity index (χ3n) is 5.78. The molecule has 2 amide bonds. The molecule has 1 aliphatic heterocycles. The maximum absolute atomic E-state index is 12.8. The van der Waals surface area contributed by atoms with E-state index < -0.39 is 11.5 Å². The minimum Gasteiger partial charge on any atom is -0.481 e. The number of ether oxygens (including phenoxy) is 1. The summed E-state index contributed by atoms with van der Waals surface area (Å²) in [6.07, 6.45) is 3.56. The van der Waals surface area contributed by atoms with Gasteiger partial charge in [-0.3, -0.25) is 4.79 Å². The number of hydrogen-bond acceptors (Lipinski definition) is 3. The molecule has 6 nitrogen and oxygen atoms in total. The molecule has 1 aromatic rings. The highest BCUT2D eigenvalue weighted by molar-refractivity contribution is 6.31. The number of aryl methyl sites for hydroxylation is 1. The molecule has 2 atom stereocenters. The summed E-state index contributed by atoms with van der Waals surface area (Å²) < 4.78 is 5.36. The van der Waals surface area contributed by atoms with Crippen molar-refractivity contribution in [3.05, 3.63) is 46.1 Å². The van der Waals surface area contributed by atoms with Crippen molar-refractivity contribution in [1.82, 2.24) is 10.2 Å². The molecule has 0 aliphatic carbocycles. The van der Waals surface area contributed by atoms with Crippen molar-refractivity contribution in [2.24, 2.45) is 11.3 Å². The zero-order valence-corrected chi connectivity index (χ0v) is 20.2. The van der Waals surface area contributed by atoms with E-state index in [1.807, 2.05) is 32.0 Å². The van der Waals surface area contributed by atoms with Gasteiger partial charge in [-0.25, -0.2) is 4.79 Å². The summed E-state index contributed by atoms with van der Waals surface area (Å²) in [5.41, 5.74) is 2.36. The third kappa shape index (κ3) is 6.47. The van der Waals surface area contributed by atoms with Crippen molar-refractivity contribution >= 4 is 23.6 Å². The normalized spacial score (nSPS) is 20.3. The first-order valence-electron chi connectivity index (χ1n) is 10.7. The molecule has 1 aromatic carbocycles. The summed E-state index contributed by atoms with van der Waals surface area (Å²) in [5.74, 6) is -0.944. The van der Waals surface area contributed by atoms with Gasteiger partial charge in [0.2, 0.25) is 0 Å². The Morgan fingerprint density at radius 2 is 2.03 bits per heavy atom. The van der Waals surface area contributed by atoms with Crippen molar-refractivity contribution < 1.29 is 19.4 Å². The summed E-state index contributed by atoms with van der Waals surface area (Å²) in [4.78, 5) is 25.2. The fourth-order valence-corrected chi connectivity index (χ4v) is 4.14. The van der Waals surface area contributed by atoms with E-state index in [1.54, 1.807) is 13.3 Å². The molecule has 0 fully saturated rings. The number of carbonyl (C=O) groups excluding carboxylic acids is 1. The van der Waals surface area contributed by atoms with E-state index in [1.165, 1.54) is 4.90 Å². The number of aliphatic carboxylic acids is 1. The van der Waals surface area contributed by atoms with Crippen LogP contribution in [0.15, 0.2) is 30.0 Å². The topological polar surface area (TPSA) is 78.9 Å². The Kier molecular flexibility index (Phi) is 8.17. The predicted molar refractivity (Wildman–Crippen MR) is 123 cm³/mol. The lowest BCUT2D eigenvalue weighted by atomic mass is 9.77. The van der Waals surface area contributed by atoms with E-state index in [0.29, 0.717) is 11.6 Å². The van der Waals surface area contributed by atoms with Gasteiger partial charge in [0.05, 0.1) is 18.6 Å². The number of carbonyl (C=O) groups is 2. The summed E-state index contributed by atoms with van der Waals surface area (Å²) in [7, 11) is 1.64. The molecule has 2 N–H and O–H groups in total. The first kappa shape index (κ1) is 25.2. The molecule has 0 saturated heterocycles. The summed E-state index contributed by atoms with van der Waals surface area (Å²) >= 11 is 6.64. The van der Waals surface area contributed by atoms with Gasteiger partial charge >= 0.3 is 12.0 Å². The highest BCUT2D eigenvalue weighted by Gasteiger charge is 2.40. The summed E-state index contributed by atoms with van der Waals surface area (Å²) in [6.45, 7) is 11.2. The zero-order valence-electron chi connectivity index (χ0n) is 19.4. The Labute approximate surface area is 190 Å². The minimum absolute atomic E-state index is 0.00210. The summed E-state index contributed by atoms with van der Waals surface area (Å²) in [6, 6.07) is 5.66. The number of halogens is 1. The van der Waals surface area contributed by atoms with Crippen LogP contribution in [-0.4, -0.2) is 42.3 Å². The van der Waals surface area contributed by atoms with Crippen molar-refractivity contribution in [3.8, 4) is 0 Å². The fourth-order valence-electron chi connectivity index (χ4n) is 3.87. The molecule has 0 aromatic heterocycles. The Hall–Kier alpha value is -2.05. The molecule has 7 heteroatoms. The van der Waals surface area contributed by atoms with Crippen LogP contribution in [0, 0.1) is 11.3 Å². The smallest absolute Gasteiger partial charge is 0.322 e. The maximum Gasteiger partial charge on any atom is 0.322 e. The van der Waals surface area contributed by atoms with E-state index in [2.05, 4.69) is 26.1 Å². The standard InChI is InChI=1S/C24H35ClN2O4/c1-16(15-31-6)19-14-27(12-10-21(28)29)22(30)26-24(19,5)18-8-7-17(20(25)13-18)9-11-23(2,3)4/h7-8,13-14,16H,9-12,15H2,1-6H3,(H,26,30)(H,28,29)/t16?,24-/m0/s1. The zero-order chi connectivity index (χ0) is 23.4. The number of amides is 2. The van der Waals surface area contributed by atoms with Crippen LogP contribution in [0.3, 0.4) is 0 Å². The van der Waals surface area contributed by atoms with Crippen LogP contribution in [0.5, 0.6) is 0 Å². The Morgan fingerprint density at radius 3 is 2.58 bits per heavy atom. The van der Waals surface area contributed by atoms with Gasteiger partial charge in [-0.15, -0.1) is 0 Å². The Morgan fingerprint density at radius 1 is 1.35 bits per heavy atom. The number of carboxylic acids is 1. The first-order valence-corrected chi connectivity index (χ1v) is 11.1. The molecule has 2 rings (SSSR count). The van der Waals surface area contributed by atoms with Crippen LogP contribution in [0.1, 0.15) is 58.6 Å². The van der Waals surface area contributed by atoms with E-state index >= 15 is 0 Å². The third-order valence-corrected chi connectivity index (χ3v) is 6.13. The van der Waals surface area contributed by atoms with Crippen molar-refractivity contribution in [2.75, 3.05) is 20.3 Å². The van der Waals surface area contributed by atoms with Crippen LogP contribution in [-0.2, 0) is 21.5 Å². The molecule has 1 heterocycles. The van der Waals surface area contributed by atoms with E-state index in [9.17, 15) is 9.59 Å². The van der Waals surface area contributed by atoms with E-state index in [0.717, 1.165) is 29.5 Å². The maximum atomic E-state index is 12.8. The molecule has 0 saturated carbocycles.